The van der Waals surface area contributed by atoms with Crippen LogP contribution in [0.1, 0.15) is 28.4 Å². The molecule has 0 unspecified atom stereocenters. The van der Waals surface area contributed by atoms with Crippen LogP contribution in [0.15, 0.2) is 88.4 Å². The van der Waals surface area contributed by atoms with Crippen molar-refractivity contribution in [1.29, 1.82) is 0 Å². The van der Waals surface area contributed by atoms with Gasteiger partial charge < -0.3 is 5.32 Å². The maximum Gasteiger partial charge on any atom is 0.255 e. The zero-order chi connectivity index (χ0) is 22.1. The van der Waals surface area contributed by atoms with Gasteiger partial charge in [-0.3, -0.25) is 9.59 Å². The summed E-state index contributed by atoms with van der Waals surface area (Å²) in [7, 11) is 0. The topological polar surface area (TPSA) is 70.6 Å². The Balaban J connectivity index is 1.52. The Morgan fingerprint density at radius 1 is 0.935 bits per heavy atom. The fourth-order valence-electron chi connectivity index (χ4n) is 2.73. The van der Waals surface area contributed by atoms with E-state index in [0.717, 1.165) is 21.4 Å². The van der Waals surface area contributed by atoms with Crippen LogP contribution in [0.5, 0.6) is 0 Å². The van der Waals surface area contributed by atoms with Crippen molar-refractivity contribution in [3.05, 3.63) is 100 Å². The van der Waals surface area contributed by atoms with Gasteiger partial charge in [-0.05, 0) is 48.4 Å². The highest BCUT2D eigenvalue weighted by Crippen LogP contribution is 2.21. The van der Waals surface area contributed by atoms with Gasteiger partial charge in [-0.15, -0.1) is 11.8 Å². The number of carbonyl (C=O) groups excluding carboxylic acids is 2. The summed E-state index contributed by atoms with van der Waals surface area (Å²) in [6, 6.07) is 24.3. The lowest BCUT2D eigenvalue weighted by Crippen LogP contribution is -2.21. The average Bonchev–Trinajstić information content (AvgIpc) is 2.79. The molecule has 0 saturated heterocycles. The Morgan fingerprint density at radius 3 is 2.42 bits per heavy atom. The van der Waals surface area contributed by atoms with Crippen molar-refractivity contribution in [2.24, 2.45) is 5.10 Å². The summed E-state index contributed by atoms with van der Waals surface area (Å²) >= 11 is 5.04. The Kier molecular flexibility index (Phi) is 8.44. The minimum absolute atomic E-state index is 0.162. The molecule has 7 heteroatoms. The van der Waals surface area contributed by atoms with Crippen molar-refractivity contribution in [3.63, 3.8) is 0 Å². The van der Waals surface area contributed by atoms with Gasteiger partial charge in [0.25, 0.3) is 5.91 Å². The summed E-state index contributed by atoms with van der Waals surface area (Å²) in [5, 5.41) is 7.08. The van der Waals surface area contributed by atoms with Crippen molar-refractivity contribution >= 4 is 50.9 Å². The van der Waals surface area contributed by atoms with Crippen molar-refractivity contribution in [1.82, 2.24) is 5.43 Å². The maximum absolute atomic E-state index is 12.3. The Bertz CT molecular complexity index is 1090. The van der Waals surface area contributed by atoms with E-state index in [2.05, 4.69) is 31.8 Å². The summed E-state index contributed by atoms with van der Waals surface area (Å²) in [6.45, 7) is 1.81. The van der Waals surface area contributed by atoms with Gasteiger partial charge in [0.2, 0.25) is 5.91 Å². The minimum Gasteiger partial charge on any atom is -0.322 e. The molecule has 5 nitrogen and oxygen atoms in total. The summed E-state index contributed by atoms with van der Waals surface area (Å²) in [5.74, 6) is 0.707. The van der Waals surface area contributed by atoms with Gasteiger partial charge in [0.05, 0.1) is 11.5 Å². The van der Waals surface area contributed by atoms with Crippen LogP contribution in [-0.4, -0.2) is 23.3 Å². The first-order valence-corrected chi connectivity index (χ1v) is 11.6. The zero-order valence-electron chi connectivity index (χ0n) is 17.0. The van der Waals surface area contributed by atoms with Crippen molar-refractivity contribution in [2.45, 2.75) is 12.7 Å². The van der Waals surface area contributed by atoms with E-state index in [4.69, 9.17) is 0 Å². The molecule has 0 fully saturated rings. The predicted molar refractivity (Wildman–Crippen MR) is 131 cm³/mol. The fourth-order valence-corrected chi connectivity index (χ4v) is 4.16. The molecule has 3 aromatic rings. The first kappa shape index (κ1) is 22.8. The third-order valence-electron chi connectivity index (χ3n) is 4.37. The largest absolute Gasteiger partial charge is 0.322 e. The van der Waals surface area contributed by atoms with E-state index in [9.17, 15) is 9.59 Å². The Hall–Kier alpha value is -2.90. The number of amides is 2. The number of nitrogens with one attached hydrogen (secondary N) is 2. The van der Waals surface area contributed by atoms with Crippen LogP contribution in [0.25, 0.3) is 0 Å². The average molecular weight is 496 g/mol. The number of hydrogen-bond donors (Lipinski definition) is 2. The van der Waals surface area contributed by atoms with Gasteiger partial charge in [-0.25, -0.2) is 5.43 Å². The highest BCUT2D eigenvalue weighted by molar-refractivity contribution is 9.10. The third-order valence-corrected chi connectivity index (χ3v) is 6.13. The molecule has 0 spiro atoms. The molecule has 0 radical (unpaired) electrons. The van der Waals surface area contributed by atoms with Gasteiger partial charge in [0, 0.05) is 21.5 Å². The zero-order valence-corrected chi connectivity index (χ0v) is 19.4. The van der Waals surface area contributed by atoms with Gasteiger partial charge >= 0.3 is 0 Å². The summed E-state index contributed by atoms with van der Waals surface area (Å²) in [4.78, 5) is 24.4. The molecule has 158 valence electrons. The van der Waals surface area contributed by atoms with Crippen LogP contribution in [0.4, 0.5) is 5.69 Å². The maximum atomic E-state index is 12.3. The predicted octanol–water partition coefficient (Wildman–Crippen LogP) is 5.48. The van der Waals surface area contributed by atoms with Crippen LogP contribution >= 0.6 is 27.7 Å². The molecule has 0 saturated carbocycles. The molecule has 2 N–H and O–H groups in total. The number of hydrazone groups is 1. The van der Waals surface area contributed by atoms with E-state index in [-0.39, 0.29) is 11.8 Å². The second-order valence-electron chi connectivity index (χ2n) is 6.72. The number of benzene rings is 3. The number of hydrogen-bond acceptors (Lipinski definition) is 4. The second kappa shape index (κ2) is 11.5. The third kappa shape index (κ3) is 7.08. The summed E-state index contributed by atoms with van der Waals surface area (Å²) in [6.07, 6.45) is 0. The number of anilines is 1. The Morgan fingerprint density at radius 2 is 1.65 bits per heavy atom. The highest BCUT2D eigenvalue weighted by Gasteiger charge is 2.07. The number of halogens is 1. The first-order valence-electron chi connectivity index (χ1n) is 9.64. The molecule has 0 aliphatic rings. The van der Waals surface area contributed by atoms with Gasteiger partial charge in [0.15, 0.2) is 0 Å². The Labute approximate surface area is 194 Å². The van der Waals surface area contributed by atoms with Gasteiger partial charge in [-0.1, -0.05) is 64.5 Å². The van der Waals surface area contributed by atoms with Crippen LogP contribution < -0.4 is 10.7 Å². The van der Waals surface area contributed by atoms with E-state index >= 15 is 0 Å². The van der Waals surface area contributed by atoms with E-state index < -0.39 is 0 Å². The molecule has 0 aromatic heterocycles. The van der Waals surface area contributed by atoms with E-state index in [1.165, 1.54) is 11.8 Å². The second-order valence-corrected chi connectivity index (χ2v) is 8.56. The standard InChI is InChI=1S/C24H22BrN3O2S/c1-17(27-28-23(29)16-31-15-20-10-5-6-13-22(20)25)19-11-7-12-21(14-19)26-24(30)18-8-3-2-4-9-18/h2-14H,15-16H2,1H3,(H,26,30)(H,28,29)/b27-17-. The number of thioether (sulfide) groups is 1. The van der Waals surface area contributed by atoms with Crippen molar-refractivity contribution in [2.75, 3.05) is 11.1 Å². The lowest BCUT2D eigenvalue weighted by atomic mass is 10.1. The van der Waals surface area contributed by atoms with Crippen LogP contribution in [-0.2, 0) is 10.5 Å². The molecule has 2 amide bonds. The van der Waals surface area contributed by atoms with Crippen LogP contribution in [0, 0.1) is 0 Å². The molecular weight excluding hydrogens is 474 g/mol. The lowest BCUT2D eigenvalue weighted by Gasteiger charge is -2.08. The van der Waals surface area contributed by atoms with Gasteiger partial charge in [0.1, 0.15) is 0 Å². The molecule has 0 aliphatic carbocycles. The first-order chi connectivity index (χ1) is 15.0. The SMILES string of the molecule is C/C(=N/NC(=O)CSCc1ccccc1Br)c1cccc(NC(=O)c2ccccc2)c1. The van der Waals surface area contributed by atoms with E-state index in [1.54, 1.807) is 12.1 Å². The highest BCUT2D eigenvalue weighted by atomic mass is 79.9. The normalized spacial score (nSPS) is 11.1. The number of carbonyl (C=O) groups is 2. The molecule has 3 rings (SSSR count). The summed E-state index contributed by atoms with van der Waals surface area (Å²) in [5.41, 5.74) is 6.46. The lowest BCUT2D eigenvalue weighted by molar-refractivity contribution is -0.118. The smallest absolute Gasteiger partial charge is 0.255 e. The fraction of sp³-hybridized carbons (Fsp3) is 0.125. The van der Waals surface area contributed by atoms with E-state index in [0.29, 0.717) is 22.7 Å². The van der Waals surface area contributed by atoms with Gasteiger partial charge in [-0.2, -0.15) is 5.10 Å². The van der Waals surface area contributed by atoms with Crippen LogP contribution in [0.2, 0.25) is 0 Å². The molecule has 0 heterocycles. The van der Waals surface area contributed by atoms with Crippen molar-refractivity contribution in [3.8, 4) is 0 Å². The van der Waals surface area contributed by atoms with Crippen LogP contribution in [0.3, 0.4) is 0 Å². The molecule has 31 heavy (non-hydrogen) atoms. The van der Waals surface area contributed by atoms with E-state index in [1.807, 2.05) is 73.7 Å². The molecule has 0 atom stereocenters. The quantitative estimate of drug-likeness (QED) is 0.321. The summed E-state index contributed by atoms with van der Waals surface area (Å²) < 4.78 is 1.04. The number of nitrogens with zero attached hydrogens (tertiary/aromatic N) is 1. The minimum atomic E-state index is -0.178. The molecular formula is C24H22BrN3O2S. The molecule has 0 aliphatic heterocycles. The monoisotopic (exact) mass is 495 g/mol. The molecule has 0 bridgehead atoms. The van der Waals surface area contributed by atoms with Crippen molar-refractivity contribution < 1.29 is 9.59 Å². The number of rotatable bonds is 8. The molecule has 3 aromatic carbocycles.